The molecule has 0 spiro atoms. The van der Waals surface area contributed by atoms with E-state index in [1.165, 1.54) is 25.7 Å². The first-order valence-corrected chi connectivity index (χ1v) is 11.4. The molecule has 0 unspecified atom stereocenters. The third-order valence-electron chi connectivity index (χ3n) is 5.85. The number of methoxy groups -OCH3 is 1. The maximum atomic E-state index is 5.59. The summed E-state index contributed by atoms with van der Waals surface area (Å²) in [6.45, 7) is 9.75. The van der Waals surface area contributed by atoms with Crippen molar-refractivity contribution < 1.29 is 9.47 Å². The lowest BCUT2D eigenvalue weighted by Crippen LogP contribution is -2.48. The molecule has 0 atom stereocenters. The van der Waals surface area contributed by atoms with Crippen LogP contribution < -0.4 is 10.6 Å². The van der Waals surface area contributed by atoms with E-state index in [0.29, 0.717) is 5.41 Å². The molecule has 1 heterocycles. The molecule has 2 aliphatic rings. The van der Waals surface area contributed by atoms with Crippen molar-refractivity contribution >= 4 is 41.7 Å². The Hall–Kier alpha value is 0.270. The number of nitrogens with one attached hydrogen (secondary N) is 2. The third kappa shape index (κ3) is 8.26. The molecule has 1 aliphatic carbocycles. The van der Waals surface area contributed by atoms with Crippen LogP contribution in [0, 0.1) is 5.41 Å². The Kier molecular flexibility index (Phi) is 12.6. The van der Waals surface area contributed by atoms with Crippen LogP contribution in [0.1, 0.15) is 58.8 Å². The molecule has 5 nitrogen and oxygen atoms in total. The molecule has 1 saturated heterocycles. The Balaban J connectivity index is 0.00000364. The summed E-state index contributed by atoms with van der Waals surface area (Å²) in [5.74, 6) is 2.12. The summed E-state index contributed by atoms with van der Waals surface area (Å²) in [6, 6.07) is 0. The summed E-state index contributed by atoms with van der Waals surface area (Å²) in [6.07, 6.45) is 8.60. The van der Waals surface area contributed by atoms with Crippen molar-refractivity contribution in [2.75, 3.05) is 52.3 Å². The van der Waals surface area contributed by atoms with Gasteiger partial charge in [-0.05, 0) is 50.2 Å². The molecule has 0 aromatic heterocycles. The smallest absolute Gasteiger partial charge is 0.191 e. The molecule has 0 amide bonds. The second-order valence-electron chi connectivity index (χ2n) is 7.73. The zero-order valence-electron chi connectivity index (χ0n) is 17.5. The number of halogens is 1. The van der Waals surface area contributed by atoms with Crippen LogP contribution in [0.2, 0.25) is 0 Å². The third-order valence-corrected chi connectivity index (χ3v) is 7.30. The zero-order chi connectivity index (χ0) is 18.7. The normalized spacial score (nSPS) is 21.5. The van der Waals surface area contributed by atoms with Crippen LogP contribution in [0.4, 0.5) is 0 Å². The number of aliphatic imine (C=N–C) groups is 1. The molecule has 2 rings (SSSR count). The van der Waals surface area contributed by atoms with Gasteiger partial charge in [0, 0.05) is 51.3 Å². The number of guanidine groups is 1. The largest absolute Gasteiger partial charge is 0.385 e. The van der Waals surface area contributed by atoms with Crippen molar-refractivity contribution in [3.05, 3.63) is 0 Å². The summed E-state index contributed by atoms with van der Waals surface area (Å²) in [7, 11) is 1.80. The van der Waals surface area contributed by atoms with Gasteiger partial charge >= 0.3 is 0 Å². The number of thioether (sulfide) groups is 1. The van der Waals surface area contributed by atoms with E-state index in [1.54, 1.807) is 7.11 Å². The first-order valence-electron chi connectivity index (χ1n) is 10.4. The van der Waals surface area contributed by atoms with Crippen LogP contribution in [-0.4, -0.2) is 63.0 Å². The van der Waals surface area contributed by atoms with Gasteiger partial charge in [0.1, 0.15) is 0 Å². The van der Waals surface area contributed by atoms with Gasteiger partial charge in [-0.15, -0.1) is 24.0 Å². The minimum Gasteiger partial charge on any atom is -0.385 e. The van der Waals surface area contributed by atoms with Gasteiger partial charge in [-0.3, -0.25) is 4.99 Å². The summed E-state index contributed by atoms with van der Waals surface area (Å²) in [4.78, 5) is 4.99. The fourth-order valence-electron chi connectivity index (χ4n) is 4.19. The van der Waals surface area contributed by atoms with Crippen molar-refractivity contribution in [2.45, 2.75) is 63.5 Å². The number of rotatable bonds is 10. The minimum atomic E-state index is 0. The van der Waals surface area contributed by atoms with Gasteiger partial charge in [0.25, 0.3) is 0 Å². The summed E-state index contributed by atoms with van der Waals surface area (Å²) in [5.41, 5.74) is 0.340. The molecule has 0 aromatic rings. The Morgan fingerprint density at radius 2 is 1.81 bits per heavy atom. The van der Waals surface area contributed by atoms with E-state index in [9.17, 15) is 0 Å². The van der Waals surface area contributed by atoms with E-state index in [2.05, 4.69) is 36.2 Å². The lowest BCUT2D eigenvalue weighted by Gasteiger charge is -2.37. The van der Waals surface area contributed by atoms with E-state index < -0.39 is 0 Å². The van der Waals surface area contributed by atoms with E-state index in [-0.39, 0.29) is 28.7 Å². The molecule has 0 bridgehead atoms. The number of hydrogen-bond acceptors (Lipinski definition) is 4. The monoisotopic (exact) mass is 513 g/mol. The van der Waals surface area contributed by atoms with E-state index in [1.807, 2.05) is 0 Å². The molecule has 1 saturated carbocycles. The van der Waals surface area contributed by atoms with Crippen LogP contribution in [-0.2, 0) is 9.47 Å². The number of ether oxygens (including phenoxy) is 2. The second kappa shape index (κ2) is 13.5. The van der Waals surface area contributed by atoms with E-state index in [0.717, 1.165) is 70.4 Å². The van der Waals surface area contributed by atoms with Gasteiger partial charge < -0.3 is 20.1 Å². The van der Waals surface area contributed by atoms with Gasteiger partial charge in [0.2, 0.25) is 0 Å². The van der Waals surface area contributed by atoms with Crippen LogP contribution in [0.3, 0.4) is 0 Å². The van der Waals surface area contributed by atoms with Gasteiger partial charge in [-0.1, -0.05) is 19.8 Å². The molecular formula is C20H40IN3O2S. The fourth-order valence-corrected chi connectivity index (χ4v) is 5.43. The zero-order valence-corrected chi connectivity index (χ0v) is 20.6. The average molecular weight is 514 g/mol. The quantitative estimate of drug-likeness (QED) is 0.262. The Morgan fingerprint density at radius 1 is 1.11 bits per heavy atom. The van der Waals surface area contributed by atoms with Crippen molar-refractivity contribution in [3.63, 3.8) is 0 Å². The lowest BCUT2D eigenvalue weighted by molar-refractivity contribution is 0.0782. The standard InChI is InChI=1S/C20H39N3O2S.HI/c1-4-21-18(22-16-19(10-13-24-3)8-6-7-9-19)23-17-20(26-5-2)11-14-25-15-12-20;/h4-17H2,1-3H3,(H2,21,22,23);1H. The van der Waals surface area contributed by atoms with Crippen molar-refractivity contribution in [1.82, 2.24) is 10.6 Å². The fraction of sp³-hybridized carbons (Fsp3) is 0.950. The molecule has 2 fully saturated rings. The second-order valence-corrected chi connectivity index (χ2v) is 9.46. The minimum absolute atomic E-state index is 0. The van der Waals surface area contributed by atoms with E-state index in [4.69, 9.17) is 14.5 Å². The highest BCUT2D eigenvalue weighted by molar-refractivity contribution is 14.0. The van der Waals surface area contributed by atoms with Gasteiger partial charge in [0.15, 0.2) is 5.96 Å². The molecule has 2 N–H and O–H groups in total. The number of hydrogen-bond donors (Lipinski definition) is 2. The Labute approximate surface area is 187 Å². The highest BCUT2D eigenvalue weighted by atomic mass is 127. The maximum Gasteiger partial charge on any atom is 0.191 e. The van der Waals surface area contributed by atoms with Gasteiger partial charge in [-0.2, -0.15) is 11.8 Å². The lowest BCUT2D eigenvalue weighted by atomic mass is 9.83. The predicted molar refractivity (Wildman–Crippen MR) is 128 cm³/mol. The van der Waals surface area contributed by atoms with Crippen LogP contribution in [0.15, 0.2) is 4.99 Å². The Bertz CT molecular complexity index is 420. The Morgan fingerprint density at radius 3 is 2.41 bits per heavy atom. The molecule has 1 aliphatic heterocycles. The highest BCUT2D eigenvalue weighted by Gasteiger charge is 2.34. The summed E-state index contributed by atoms with van der Waals surface area (Å²) >= 11 is 2.07. The van der Waals surface area contributed by atoms with Gasteiger partial charge in [-0.25, -0.2) is 0 Å². The average Bonchev–Trinajstić information content (AvgIpc) is 3.13. The van der Waals surface area contributed by atoms with Crippen molar-refractivity contribution in [3.8, 4) is 0 Å². The van der Waals surface area contributed by atoms with Crippen LogP contribution in [0.25, 0.3) is 0 Å². The highest BCUT2D eigenvalue weighted by Crippen LogP contribution is 2.41. The van der Waals surface area contributed by atoms with Crippen LogP contribution in [0.5, 0.6) is 0 Å². The first kappa shape index (κ1) is 25.3. The topological polar surface area (TPSA) is 54.9 Å². The molecular weight excluding hydrogens is 473 g/mol. The molecule has 27 heavy (non-hydrogen) atoms. The van der Waals surface area contributed by atoms with E-state index >= 15 is 0 Å². The SMILES string of the molecule is CCNC(=NCC1(CCOC)CCCC1)NCC1(SCC)CCOCC1.I. The summed E-state index contributed by atoms with van der Waals surface area (Å²) < 4.78 is 11.2. The summed E-state index contributed by atoms with van der Waals surface area (Å²) in [5, 5.41) is 7.09. The first-order chi connectivity index (χ1) is 12.7. The van der Waals surface area contributed by atoms with Crippen molar-refractivity contribution in [2.24, 2.45) is 10.4 Å². The molecule has 160 valence electrons. The molecule has 0 aromatic carbocycles. The van der Waals surface area contributed by atoms with Crippen molar-refractivity contribution in [1.29, 1.82) is 0 Å². The predicted octanol–water partition coefficient (Wildman–Crippen LogP) is 4.06. The molecule has 7 heteroatoms. The number of nitrogens with zero attached hydrogens (tertiary/aromatic N) is 1. The van der Waals surface area contributed by atoms with Gasteiger partial charge in [0.05, 0.1) is 0 Å². The maximum absolute atomic E-state index is 5.59. The molecule has 0 radical (unpaired) electrons. The van der Waals surface area contributed by atoms with Crippen LogP contribution >= 0.6 is 35.7 Å².